The van der Waals surface area contributed by atoms with Crippen LogP contribution in [-0.4, -0.2) is 59.3 Å². The van der Waals surface area contributed by atoms with Gasteiger partial charge < -0.3 is 30.7 Å². The average Bonchev–Trinajstić information content (AvgIpc) is 3.50. The van der Waals surface area contributed by atoms with Crippen molar-refractivity contribution in [1.29, 1.82) is 5.41 Å². The summed E-state index contributed by atoms with van der Waals surface area (Å²) < 4.78 is 5.51. The Hall–Kier alpha value is -3.74. The van der Waals surface area contributed by atoms with Crippen LogP contribution in [0.15, 0.2) is 58.2 Å². The molecule has 1 amide bonds. The molecule has 0 saturated carbocycles. The number of nitrogens with one attached hydrogen (secondary N) is 4. The molecule has 2 heterocycles. The van der Waals surface area contributed by atoms with Crippen LogP contribution < -0.4 is 16.4 Å². The van der Waals surface area contributed by atoms with Crippen LogP contribution in [0.2, 0.25) is 0 Å². The first-order valence-electron chi connectivity index (χ1n) is 11.5. The third-order valence-corrected chi connectivity index (χ3v) is 6.82. The van der Waals surface area contributed by atoms with Crippen molar-refractivity contribution in [2.45, 2.75) is 31.2 Å². The number of methoxy groups -OCH3 is 1. The Morgan fingerprint density at radius 2 is 2.03 bits per heavy atom. The first-order chi connectivity index (χ1) is 17.8. The summed E-state index contributed by atoms with van der Waals surface area (Å²) in [5, 5.41) is 28.7. The summed E-state index contributed by atoms with van der Waals surface area (Å²) in [6, 6.07) is 13.6. The first kappa shape index (κ1) is 26.3. The number of carbonyl (C=O) groups excluding carboxylic acids is 2. The molecule has 4 rings (SSSR count). The summed E-state index contributed by atoms with van der Waals surface area (Å²) in [5.41, 5.74) is 8.86. The summed E-state index contributed by atoms with van der Waals surface area (Å²) in [6.45, 7) is -0.104. The summed E-state index contributed by atoms with van der Waals surface area (Å²) in [5.74, 6) is -0.999. The van der Waals surface area contributed by atoms with Gasteiger partial charge in [0, 0.05) is 29.4 Å². The molecular formula is C25H27BrN6O5. The number of aromatic nitrogens is 1. The van der Waals surface area contributed by atoms with Crippen LogP contribution >= 0.6 is 15.9 Å². The number of aromatic amines is 1. The fraction of sp³-hybridized carbons (Fsp3) is 0.280. The third kappa shape index (κ3) is 6.16. The van der Waals surface area contributed by atoms with Gasteiger partial charge in [-0.1, -0.05) is 47.6 Å². The Kier molecular flexibility index (Phi) is 8.21. The number of aliphatic hydroxyl groups is 1. The molecule has 0 saturated heterocycles. The van der Waals surface area contributed by atoms with Gasteiger partial charge in [0.2, 0.25) is 5.91 Å². The van der Waals surface area contributed by atoms with E-state index in [4.69, 9.17) is 20.7 Å². The summed E-state index contributed by atoms with van der Waals surface area (Å²) in [7, 11) is 1.23. The van der Waals surface area contributed by atoms with E-state index in [1.165, 1.54) is 7.11 Å². The van der Waals surface area contributed by atoms with Crippen LogP contribution in [0.3, 0.4) is 0 Å². The molecule has 0 radical (unpaired) electrons. The van der Waals surface area contributed by atoms with Crippen LogP contribution in [0.4, 0.5) is 0 Å². The third-order valence-electron chi connectivity index (χ3n) is 5.97. The molecule has 1 aliphatic heterocycles. The number of hydrogen-bond donors (Lipinski definition) is 6. The molecule has 0 aliphatic carbocycles. The molecular weight excluding hydrogens is 544 g/mol. The lowest BCUT2D eigenvalue weighted by Crippen LogP contribution is -2.48. The molecule has 3 unspecified atom stereocenters. The number of halogens is 1. The Balaban J connectivity index is 1.31. The Bertz CT molecular complexity index is 1340. The number of fused-ring (bicyclic) bond motifs is 1. The number of oxime groups is 1. The topological polar surface area (TPSA) is 175 Å². The van der Waals surface area contributed by atoms with Gasteiger partial charge in [-0.25, -0.2) is 0 Å². The molecule has 3 atom stereocenters. The number of amides is 1. The van der Waals surface area contributed by atoms with Gasteiger partial charge >= 0.3 is 5.97 Å². The zero-order valence-corrected chi connectivity index (χ0v) is 21.5. The number of nitrogens with two attached hydrogens (primary N) is 1. The molecule has 3 aromatic rings. The van der Waals surface area contributed by atoms with Crippen LogP contribution in [-0.2, 0) is 19.2 Å². The average molecular weight is 571 g/mol. The monoisotopic (exact) mass is 570 g/mol. The maximum absolute atomic E-state index is 12.6. The molecule has 12 heteroatoms. The number of rotatable bonds is 10. The number of ether oxygens (including phenoxy) is 1. The number of para-hydroxylation sites is 1. The van der Waals surface area contributed by atoms with E-state index in [0.29, 0.717) is 27.9 Å². The van der Waals surface area contributed by atoms with Gasteiger partial charge in [-0.05, 0) is 27.6 Å². The minimum atomic E-state index is -1.23. The second kappa shape index (κ2) is 11.5. The number of benzene rings is 2. The number of hydrogen-bond acceptors (Lipinski definition) is 8. The van der Waals surface area contributed by atoms with Crippen molar-refractivity contribution >= 4 is 50.3 Å². The van der Waals surface area contributed by atoms with Crippen molar-refractivity contribution < 1.29 is 24.3 Å². The molecule has 37 heavy (non-hydrogen) atoms. The minimum Gasteiger partial charge on any atom is -0.468 e. The summed E-state index contributed by atoms with van der Waals surface area (Å²) in [6.07, 6.45) is -1.23. The van der Waals surface area contributed by atoms with Gasteiger partial charge in [0.1, 0.15) is 24.2 Å². The highest BCUT2D eigenvalue weighted by Crippen LogP contribution is 2.30. The predicted octanol–water partition coefficient (Wildman–Crippen LogP) is 2.04. The number of esters is 1. The second-order valence-electron chi connectivity index (χ2n) is 8.51. The van der Waals surface area contributed by atoms with Crippen molar-refractivity contribution in [3.05, 3.63) is 69.8 Å². The van der Waals surface area contributed by atoms with Crippen molar-refractivity contribution in [1.82, 2.24) is 15.6 Å². The number of nitrogen functional groups attached to an aromatic ring is 1. The van der Waals surface area contributed by atoms with E-state index in [9.17, 15) is 14.7 Å². The maximum Gasteiger partial charge on any atom is 0.324 e. The Morgan fingerprint density at radius 1 is 1.30 bits per heavy atom. The number of nitrogens with zero attached hydrogens (tertiary/aromatic N) is 1. The largest absolute Gasteiger partial charge is 0.468 e. The molecule has 0 spiro atoms. The van der Waals surface area contributed by atoms with Crippen molar-refractivity contribution in [3.8, 4) is 0 Å². The molecule has 11 nitrogen and oxygen atoms in total. The quantitative estimate of drug-likeness (QED) is 0.0934. The zero-order valence-electron chi connectivity index (χ0n) is 20.0. The molecule has 1 aliphatic rings. The van der Waals surface area contributed by atoms with E-state index in [-0.39, 0.29) is 24.7 Å². The van der Waals surface area contributed by atoms with Crippen molar-refractivity contribution in [3.63, 3.8) is 0 Å². The molecule has 2 aromatic carbocycles. The van der Waals surface area contributed by atoms with E-state index >= 15 is 0 Å². The standard InChI is InChI=1S/C25H27BrN6O5/c1-36-25(35)19(31-24(34)22-21(26)16-4-2-3-5-17(16)30-22)12-29-20(33)11-15-10-18(32-37-15)13-6-8-14(9-7-13)23(27)28/h2-9,15,19,24,30-31,34H,10-12H2,1H3,(H3,27,28)(H,29,33). The van der Waals surface area contributed by atoms with E-state index in [1.807, 2.05) is 24.3 Å². The van der Waals surface area contributed by atoms with Crippen molar-refractivity contribution in [2.75, 3.05) is 13.7 Å². The molecule has 0 fully saturated rings. The lowest BCUT2D eigenvalue weighted by Gasteiger charge is -2.21. The van der Waals surface area contributed by atoms with Gasteiger partial charge in [0.15, 0.2) is 0 Å². The first-order valence-corrected chi connectivity index (χ1v) is 12.3. The van der Waals surface area contributed by atoms with Gasteiger partial charge in [0.25, 0.3) is 0 Å². The van der Waals surface area contributed by atoms with E-state index < -0.39 is 24.3 Å². The highest BCUT2D eigenvalue weighted by atomic mass is 79.9. The number of aliphatic hydroxyl groups excluding tert-OH is 1. The van der Waals surface area contributed by atoms with Gasteiger partial charge in [-0.15, -0.1) is 0 Å². The van der Waals surface area contributed by atoms with Crippen LogP contribution in [0.5, 0.6) is 0 Å². The zero-order chi connectivity index (χ0) is 26.5. The fourth-order valence-electron chi connectivity index (χ4n) is 3.99. The number of carbonyl (C=O) groups is 2. The lowest BCUT2D eigenvalue weighted by molar-refractivity contribution is -0.144. The van der Waals surface area contributed by atoms with Crippen LogP contribution in [0.1, 0.15) is 35.9 Å². The predicted molar refractivity (Wildman–Crippen MR) is 141 cm³/mol. The molecule has 0 bridgehead atoms. The Labute approximate surface area is 221 Å². The fourth-order valence-corrected chi connectivity index (χ4v) is 4.65. The van der Waals surface area contributed by atoms with Crippen LogP contribution in [0, 0.1) is 5.41 Å². The van der Waals surface area contributed by atoms with Crippen LogP contribution in [0.25, 0.3) is 10.9 Å². The van der Waals surface area contributed by atoms with Gasteiger partial charge in [0.05, 0.1) is 29.4 Å². The van der Waals surface area contributed by atoms with Crippen molar-refractivity contribution in [2.24, 2.45) is 10.9 Å². The summed E-state index contributed by atoms with van der Waals surface area (Å²) in [4.78, 5) is 33.4. The highest BCUT2D eigenvalue weighted by Gasteiger charge is 2.28. The Morgan fingerprint density at radius 3 is 2.70 bits per heavy atom. The molecule has 1 aromatic heterocycles. The SMILES string of the molecule is COC(=O)C(CNC(=O)CC1CC(c2ccc(C(=N)N)cc2)=NO1)NC(O)c1[nH]c2ccccc2c1Br. The lowest BCUT2D eigenvalue weighted by atomic mass is 10.0. The molecule has 194 valence electrons. The summed E-state index contributed by atoms with van der Waals surface area (Å²) >= 11 is 3.48. The smallest absolute Gasteiger partial charge is 0.324 e. The van der Waals surface area contributed by atoms with Gasteiger partial charge in [-0.3, -0.25) is 20.3 Å². The van der Waals surface area contributed by atoms with E-state index in [2.05, 4.69) is 36.7 Å². The molecule has 7 N–H and O–H groups in total. The minimum absolute atomic E-state index is 0.0214. The number of amidine groups is 1. The maximum atomic E-state index is 12.6. The number of H-pyrrole nitrogens is 1. The normalized spacial score (nSPS) is 16.5. The second-order valence-corrected chi connectivity index (χ2v) is 9.30. The van der Waals surface area contributed by atoms with E-state index in [1.54, 1.807) is 24.3 Å². The van der Waals surface area contributed by atoms with Gasteiger partial charge in [-0.2, -0.15) is 0 Å². The van der Waals surface area contributed by atoms with E-state index in [0.717, 1.165) is 16.5 Å². The highest BCUT2D eigenvalue weighted by molar-refractivity contribution is 9.10.